The van der Waals surface area contributed by atoms with E-state index in [2.05, 4.69) is 26.1 Å². The van der Waals surface area contributed by atoms with Crippen LogP contribution in [0.2, 0.25) is 0 Å². The molecule has 0 aromatic rings. The first-order chi connectivity index (χ1) is 7.11. The average Bonchev–Trinajstić information content (AvgIpc) is 2.98. The van der Waals surface area contributed by atoms with E-state index in [9.17, 15) is 0 Å². The Hall–Kier alpha value is -0.0400. The third-order valence-corrected chi connectivity index (χ3v) is 4.44. The van der Waals surface area contributed by atoms with Gasteiger partial charge in [-0.25, -0.2) is 0 Å². The first-order valence-electron chi connectivity index (χ1n) is 6.84. The molecule has 0 radical (unpaired) electrons. The quantitative estimate of drug-likeness (QED) is 0.746. The van der Waals surface area contributed by atoms with Gasteiger partial charge in [0.2, 0.25) is 0 Å². The van der Waals surface area contributed by atoms with Crippen LogP contribution in [0.25, 0.3) is 0 Å². The minimum atomic E-state index is 0.608. The van der Waals surface area contributed by atoms with Gasteiger partial charge in [-0.15, -0.1) is 0 Å². The zero-order valence-corrected chi connectivity index (χ0v) is 10.7. The van der Waals surface area contributed by atoms with Gasteiger partial charge in [0.15, 0.2) is 0 Å². The van der Waals surface area contributed by atoms with Crippen molar-refractivity contribution in [3.63, 3.8) is 0 Å². The second-order valence-corrected chi connectivity index (χ2v) is 6.52. The minimum Gasteiger partial charge on any atom is -0.314 e. The Bertz CT molecular complexity index is 203. The number of hydrogen-bond acceptors (Lipinski definition) is 1. The molecule has 1 heteroatoms. The van der Waals surface area contributed by atoms with Crippen molar-refractivity contribution in [2.24, 2.45) is 17.3 Å². The molecule has 2 rings (SSSR count). The molecule has 0 amide bonds. The highest BCUT2D eigenvalue weighted by Crippen LogP contribution is 2.43. The third kappa shape index (κ3) is 3.21. The van der Waals surface area contributed by atoms with Gasteiger partial charge in [0.25, 0.3) is 0 Å². The van der Waals surface area contributed by atoms with Gasteiger partial charge in [-0.1, -0.05) is 27.2 Å². The number of hydrogen-bond donors (Lipinski definition) is 1. The molecule has 0 aromatic carbocycles. The van der Waals surface area contributed by atoms with Crippen LogP contribution in [0.5, 0.6) is 0 Å². The topological polar surface area (TPSA) is 12.0 Å². The molecule has 2 fully saturated rings. The van der Waals surface area contributed by atoms with Crippen LogP contribution in [0, 0.1) is 17.3 Å². The molecule has 0 saturated heterocycles. The standard InChI is InChI=1S/C14H27N/c1-4-11-9-14(2,3)8-7-12(11)10-15-13-5-6-13/h11-13,15H,4-10H2,1-3H3. The fraction of sp³-hybridized carbons (Fsp3) is 1.00. The predicted molar refractivity (Wildman–Crippen MR) is 65.9 cm³/mol. The van der Waals surface area contributed by atoms with Crippen molar-refractivity contribution in [2.45, 2.75) is 65.3 Å². The summed E-state index contributed by atoms with van der Waals surface area (Å²) >= 11 is 0. The van der Waals surface area contributed by atoms with Gasteiger partial charge in [-0.2, -0.15) is 0 Å². The summed E-state index contributed by atoms with van der Waals surface area (Å²) in [6.45, 7) is 8.55. The van der Waals surface area contributed by atoms with E-state index in [1.807, 2.05) is 0 Å². The van der Waals surface area contributed by atoms with E-state index in [1.54, 1.807) is 0 Å². The van der Waals surface area contributed by atoms with Crippen LogP contribution in [0.15, 0.2) is 0 Å². The summed E-state index contributed by atoms with van der Waals surface area (Å²) in [6, 6.07) is 0.887. The van der Waals surface area contributed by atoms with E-state index in [0.717, 1.165) is 17.9 Å². The summed E-state index contributed by atoms with van der Waals surface area (Å²) in [7, 11) is 0. The van der Waals surface area contributed by atoms with E-state index in [4.69, 9.17) is 0 Å². The lowest BCUT2D eigenvalue weighted by atomic mass is 9.66. The Balaban J connectivity index is 1.81. The lowest BCUT2D eigenvalue weighted by molar-refractivity contribution is 0.113. The molecule has 0 aliphatic heterocycles. The maximum Gasteiger partial charge on any atom is 0.00683 e. The van der Waals surface area contributed by atoms with Crippen LogP contribution in [-0.2, 0) is 0 Å². The van der Waals surface area contributed by atoms with E-state index in [1.165, 1.54) is 45.1 Å². The molecule has 0 heterocycles. The van der Waals surface area contributed by atoms with Gasteiger partial charge in [0.05, 0.1) is 0 Å². The fourth-order valence-electron chi connectivity index (χ4n) is 3.14. The first-order valence-corrected chi connectivity index (χ1v) is 6.84. The molecule has 1 nitrogen and oxygen atoms in total. The Morgan fingerprint density at radius 1 is 1.13 bits per heavy atom. The van der Waals surface area contributed by atoms with Crippen LogP contribution in [0.3, 0.4) is 0 Å². The second-order valence-electron chi connectivity index (χ2n) is 6.52. The molecule has 2 aliphatic carbocycles. The highest BCUT2D eigenvalue weighted by atomic mass is 14.9. The van der Waals surface area contributed by atoms with Crippen molar-refractivity contribution in [3.05, 3.63) is 0 Å². The predicted octanol–water partition coefficient (Wildman–Crippen LogP) is 3.59. The molecule has 0 aromatic heterocycles. The lowest BCUT2D eigenvalue weighted by Gasteiger charge is -2.40. The fourth-order valence-corrected chi connectivity index (χ4v) is 3.14. The molecule has 15 heavy (non-hydrogen) atoms. The van der Waals surface area contributed by atoms with Crippen molar-refractivity contribution in [3.8, 4) is 0 Å². The molecule has 0 bridgehead atoms. The maximum atomic E-state index is 3.72. The smallest absolute Gasteiger partial charge is 0.00683 e. The van der Waals surface area contributed by atoms with Crippen molar-refractivity contribution >= 4 is 0 Å². The van der Waals surface area contributed by atoms with Crippen molar-refractivity contribution < 1.29 is 0 Å². The molecule has 2 saturated carbocycles. The van der Waals surface area contributed by atoms with Crippen LogP contribution in [0.1, 0.15) is 59.3 Å². The third-order valence-electron chi connectivity index (χ3n) is 4.44. The lowest BCUT2D eigenvalue weighted by Crippen LogP contribution is -2.36. The van der Waals surface area contributed by atoms with Gasteiger partial charge in [0.1, 0.15) is 0 Å². The Morgan fingerprint density at radius 2 is 1.87 bits per heavy atom. The van der Waals surface area contributed by atoms with Crippen LogP contribution < -0.4 is 5.32 Å². The minimum absolute atomic E-state index is 0.608. The Morgan fingerprint density at radius 3 is 2.47 bits per heavy atom. The second kappa shape index (κ2) is 4.45. The van der Waals surface area contributed by atoms with Crippen LogP contribution >= 0.6 is 0 Å². The summed E-state index contributed by atoms with van der Waals surface area (Å²) in [6.07, 6.45) is 8.55. The van der Waals surface area contributed by atoms with Crippen molar-refractivity contribution in [1.82, 2.24) is 5.32 Å². The number of rotatable bonds is 4. The molecular weight excluding hydrogens is 182 g/mol. The summed E-state index contributed by atoms with van der Waals surface area (Å²) in [5.74, 6) is 1.93. The summed E-state index contributed by atoms with van der Waals surface area (Å²) in [5.41, 5.74) is 0.608. The van der Waals surface area contributed by atoms with Crippen molar-refractivity contribution in [1.29, 1.82) is 0 Å². The molecule has 1 N–H and O–H groups in total. The van der Waals surface area contributed by atoms with Gasteiger partial charge in [0, 0.05) is 6.04 Å². The van der Waals surface area contributed by atoms with Crippen LogP contribution in [0.4, 0.5) is 0 Å². The first kappa shape index (κ1) is 11.4. The maximum absolute atomic E-state index is 3.72. The van der Waals surface area contributed by atoms with Crippen LogP contribution in [-0.4, -0.2) is 12.6 Å². The number of nitrogens with one attached hydrogen (secondary N) is 1. The molecule has 0 spiro atoms. The zero-order valence-electron chi connectivity index (χ0n) is 10.7. The van der Waals surface area contributed by atoms with E-state index < -0.39 is 0 Å². The van der Waals surface area contributed by atoms with E-state index >= 15 is 0 Å². The molecular formula is C14H27N. The van der Waals surface area contributed by atoms with Gasteiger partial charge < -0.3 is 5.32 Å². The normalized spacial score (nSPS) is 35.4. The van der Waals surface area contributed by atoms with Gasteiger partial charge in [-0.05, 0) is 55.9 Å². The summed E-state index contributed by atoms with van der Waals surface area (Å²) in [4.78, 5) is 0. The average molecular weight is 209 g/mol. The molecule has 88 valence electrons. The summed E-state index contributed by atoms with van der Waals surface area (Å²) < 4.78 is 0. The molecule has 2 aliphatic rings. The highest BCUT2D eigenvalue weighted by Gasteiger charge is 2.34. The highest BCUT2D eigenvalue weighted by molar-refractivity contribution is 4.88. The van der Waals surface area contributed by atoms with E-state index in [-0.39, 0.29) is 0 Å². The molecule has 2 unspecified atom stereocenters. The molecule has 2 atom stereocenters. The van der Waals surface area contributed by atoms with Gasteiger partial charge >= 0.3 is 0 Å². The SMILES string of the molecule is CCC1CC(C)(C)CCC1CNC1CC1. The van der Waals surface area contributed by atoms with Crippen molar-refractivity contribution in [2.75, 3.05) is 6.54 Å². The Labute approximate surface area is 95.0 Å². The van der Waals surface area contributed by atoms with Gasteiger partial charge in [-0.3, -0.25) is 0 Å². The largest absolute Gasteiger partial charge is 0.314 e. The zero-order chi connectivity index (χ0) is 10.9. The van der Waals surface area contributed by atoms with E-state index in [0.29, 0.717) is 5.41 Å². The Kier molecular flexibility index (Phi) is 3.39. The monoisotopic (exact) mass is 209 g/mol. The summed E-state index contributed by atoms with van der Waals surface area (Å²) in [5, 5.41) is 3.72.